The highest BCUT2D eigenvalue weighted by atomic mass is 32.2. The van der Waals surface area contributed by atoms with Gasteiger partial charge in [0.2, 0.25) is 16.0 Å². The van der Waals surface area contributed by atoms with Crippen molar-refractivity contribution in [2.24, 2.45) is 10.7 Å². The molecule has 1 aromatic carbocycles. The number of sulfonamides is 1. The van der Waals surface area contributed by atoms with Crippen LogP contribution >= 0.6 is 0 Å². The number of benzene rings is 1. The van der Waals surface area contributed by atoms with Crippen LogP contribution in [0.1, 0.15) is 16.8 Å². The van der Waals surface area contributed by atoms with Gasteiger partial charge in [0.1, 0.15) is 0 Å². The lowest BCUT2D eigenvalue weighted by Crippen LogP contribution is -2.46. The Morgan fingerprint density at radius 2 is 2.04 bits per heavy atom. The molecule has 1 heterocycles. The Morgan fingerprint density at radius 3 is 2.65 bits per heavy atom. The van der Waals surface area contributed by atoms with Crippen molar-refractivity contribution in [1.82, 2.24) is 10.0 Å². The number of hydrogen-bond acceptors (Lipinski definition) is 6. The van der Waals surface area contributed by atoms with Gasteiger partial charge in [-0.3, -0.25) is 14.5 Å². The molecule has 1 aliphatic rings. The summed E-state index contributed by atoms with van der Waals surface area (Å²) in [7, 11) is -3.39. The first-order valence-corrected chi connectivity index (χ1v) is 9.18. The predicted octanol–water partition coefficient (Wildman–Crippen LogP) is -0.510. The molecule has 0 fully saturated rings. The van der Waals surface area contributed by atoms with Crippen molar-refractivity contribution in [3.8, 4) is 0 Å². The Balaban J connectivity index is 2.15. The number of hydrogen-bond donors (Lipinski definition) is 3. The van der Waals surface area contributed by atoms with Gasteiger partial charge in [-0.1, -0.05) is 0 Å². The third kappa shape index (κ3) is 4.93. The van der Waals surface area contributed by atoms with E-state index < -0.39 is 10.0 Å². The second-order valence-electron chi connectivity index (χ2n) is 5.18. The maximum absolute atomic E-state index is 11.8. The van der Waals surface area contributed by atoms with Crippen LogP contribution in [0.4, 0.5) is 5.69 Å². The first-order chi connectivity index (χ1) is 10.9. The lowest BCUT2D eigenvalue weighted by Gasteiger charge is -2.29. The van der Waals surface area contributed by atoms with Gasteiger partial charge < -0.3 is 16.0 Å². The highest BCUT2D eigenvalue weighted by Gasteiger charge is 2.20. The van der Waals surface area contributed by atoms with Crippen LogP contribution < -0.4 is 20.7 Å². The van der Waals surface area contributed by atoms with Crippen LogP contribution in [0.15, 0.2) is 29.3 Å². The number of anilines is 1. The van der Waals surface area contributed by atoms with Gasteiger partial charge in [-0.05, 0) is 30.7 Å². The molecule has 0 aliphatic carbocycles. The molecule has 2 rings (SSSR count). The van der Waals surface area contributed by atoms with Gasteiger partial charge in [-0.2, -0.15) is 0 Å². The van der Waals surface area contributed by atoms with Crippen LogP contribution in [-0.4, -0.2) is 52.7 Å². The molecule has 126 valence electrons. The fourth-order valence-corrected chi connectivity index (χ4v) is 2.70. The first-order valence-electron chi connectivity index (χ1n) is 7.29. The van der Waals surface area contributed by atoms with E-state index in [4.69, 9.17) is 5.73 Å². The molecule has 9 heteroatoms. The second kappa shape index (κ2) is 7.42. The molecule has 0 bridgehead atoms. The second-order valence-corrected chi connectivity index (χ2v) is 6.92. The lowest BCUT2D eigenvalue weighted by atomic mass is 10.1. The summed E-state index contributed by atoms with van der Waals surface area (Å²) in [6.07, 6.45) is 1.92. The molecule has 1 aromatic rings. The normalized spacial score (nSPS) is 15.0. The number of nitrogens with one attached hydrogen (secondary N) is 2. The standard InChI is InChI=1S/C14H21N5O3S/c1-23(21,22)18-14-17-8-2-10-19(14)12-5-3-11(4-6-12)13(20)16-9-7-15/h3-6H,2,7-10,15H2,1H3,(H,16,20)(H,17,18). The predicted molar refractivity (Wildman–Crippen MR) is 90.1 cm³/mol. The molecular weight excluding hydrogens is 318 g/mol. The van der Waals surface area contributed by atoms with E-state index in [0.717, 1.165) is 18.4 Å². The molecule has 0 saturated carbocycles. The minimum absolute atomic E-state index is 0.191. The molecule has 0 spiro atoms. The van der Waals surface area contributed by atoms with Gasteiger partial charge in [0, 0.05) is 37.4 Å². The summed E-state index contributed by atoms with van der Waals surface area (Å²) in [5, 5.41) is 2.69. The zero-order valence-electron chi connectivity index (χ0n) is 12.9. The molecule has 23 heavy (non-hydrogen) atoms. The van der Waals surface area contributed by atoms with Crippen molar-refractivity contribution in [1.29, 1.82) is 0 Å². The van der Waals surface area contributed by atoms with E-state index >= 15 is 0 Å². The Labute approximate surface area is 135 Å². The zero-order valence-corrected chi connectivity index (χ0v) is 13.8. The molecule has 0 atom stereocenters. The third-order valence-corrected chi connectivity index (χ3v) is 3.76. The number of nitrogens with two attached hydrogens (primary N) is 1. The van der Waals surface area contributed by atoms with E-state index in [9.17, 15) is 13.2 Å². The number of rotatable bonds is 5. The number of nitrogens with zero attached hydrogens (tertiary/aromatic N) is 2. The van der Waals surface area contributed by atoms with Crippen LogP contribution in [0.5, 0.6) is 0 Å². The average Bonchev–Trinajstić information content (AvgIpc) is 2.52. The largest absolute Gasteiger partial charge is 0.351 e. The Kier molecular flexibility index (Phi) is 5.56. The van der Waals surface area contributed by atoms with Crippen LogP contribution in [-0.2, 0) is 10.0 Å². The molecule has 1 aliphatic heterocycles. The Morgan fingerprint density at radius 1 is 1.35 bits per heavy atom. The highest BCUT2D eigenvalue weighted by Crippen LogP contribution is 2.18. The van der Waals surface area contributed by atoms with Gasteiger partial charge in [-0.15, -0.1) is 0 Å². The Hall–Kier alpha value is -2.13. The number of aliphatic imine (C=N–C) groups is 1. The molecular formula is C14H21N5O3S. The minimum atomic E-state index is -3.39. The Bertz CT molecular complexity index is 685. The van der Waals surface area contributed by atoms with Gasteiger partial charge >= 0.3 is 0 Å². The molecule has 8 nitrogen and oxygen atoms in total. The van der Waals surface area contributed by atoms with E-state index in [0.29, 0.717) is 37.7 Å². The molecule has 0 saturated heterocycles. The van der Waals surface area contributed by atoms with Gasteiger partial charge in [0.15, 0.2) is 0 Å². The van der Waals surface area contributed by atoms with E-state index in [2.05, 4.69) is 15.0 Å². The molecule has 4 N–H and O–H groups in total. The number of carbonyl (C=O) groups is 1. The third-order valence-electron chi connectivity index (χ3n) is 3.20. The first kappa shape index (κ1) is 17.2. The average molecular weight is 339 g/mol. The molecule has 0 radical (unpaired) electrons. The summed E-state index contributed by atoms with van der Waals surface area (Å²) >= 11 is 0. The molecule has 0 aromatic heterocycles. The van der Waals surface area contributed by atoms with Crippen molar-refractivity contribution in [3.63, 3.8) is 0 Å². The van der Waals surface area contributed by atoms with E-state index in [1.54, 1.807) is 29.2 Å². The molecule has 1 amide bonds. The van der Waals surface area contributed by atoms with Crippen molar-refractivity contribution < 1.29 is 13.2 Å². The van der Waals surface area contributed by atoms with Crippen molar-refractivity contribution >= 4 is 27.6 Å². The molecule has 0 unspecified atom stereocenters. The maximum Gasteiger partial charge on any atom is 0.251 e. The highest BCUT2D eigenvalue weighted by molar-refractivity contribution is 7.89. The van der Waals surface area contributed by atoms with E-state index in [1.807, 2.05) is 0 Å². The summed E-state index contributed by atoms with van der Waals surface area (Å²) in [4.78, 5) is 17.9. The van der Waals surface area contributed by atoms with Crippen molar-refractivity contribution in [2.45, 2.75) is 6.42 Å². The monoisotopic (exact) mass is 339 g/mol. The number of amides is 1. The summed E-state index contributed by atoms with van der Waals surface area (Å²) in [5.74, 6) is 0.114. The SMILES string of the molecule is CS(=O)(=O)NC1=NCCCN1c1ccc(C(=O)NCCN)cc1. The van der Waals surface area contributed by atoms with E-state index in [-0.39, 0.29) is 5.91 Å². The van der Waals surface area contributed by atoms with E-state index in [1.165, 1.54) is 0 Å². The van der Waals surface area contributed by atoms with Crippen LogP contribution in [0, 0.1) is 0 Å². The number of carbonyl (C=O) groups excluding carboxylic acids is 1. The maximum atomic E-state index is 11.8. The van der Waals surface area contributed by atoms with Gasteiger partial charge in [-0.25, -0.2) is 8.42 Å². The number of guanidine groups is 1. The van der Waals surface area contributed by atoms with Crippen LogP contribution in [0.25, 0.3) is 0 Å². The van der Waals surface area contributed by atoms with Crippen molar-refractivity contribution in [3.05, 3.63) is 29.8 Å². The van der Waals surface area contributed by atoms with Crippen LogP contribution in [0.3, 0.4) is 0 Å². The zero-order chi connectivity index (χ0) is 16.9. The fraction of sp³-hybridized carbons (Fsp3) is 0.429. The van der Waals surface area contributed by atoms with Crippen molar-refractivity contribution in [2.75, 3.05) is 37.3 Å². The quantitative estimate of drug-likeness (QED) is 0.668. The van der Waals surface area contributed by atoms with Crippen LogP contribution in [0.2, 0.25) is 0 Å². The smallest absolute Gasteiger partial charge is 0.251 e. The van der Waals surface area contributed by atoms with Gasteiger partial charge in [0.05, 0.1) is 6.26 Å². The summed E-state index contributed by atoms with van der Waals surface area (Å²) in [5.41, 5.74) is 6.65. The summed E-state index contributed by atoms with van der Waals surface area (Å²) in [6, 6.07) is 6.91. The lowest BCUT2D eigenvalue weighted by molar-refractivity contribution is 0.0955. The summed E-state index contributed by atoms with van der Waals surface area (Å²) in [6.45, 7) is 2.03. The minimum Gasteiger partial charge on any atom is -0.351 e. The fourth-order valence-electron chi connectivity index (χ4n) is 2.19. The van der Waals surface area contributed by atoms with Gasteiger partial charge in [0.25, 0.3) is 5.91 Å². The summed E-state index contributed by atoms with van der Waals surface area (Å²) < 4.78 is 25.3. The topological polar surface area (TPSA) is 117 Å².